The summed E-state index contributed by atoms with van der Waals surface area (Å²) in [4.78, 5) is 27.5. The second-order valence-corrected chi connectivity index (χ2v) is 9.60. The summed E-state index contributed by atoms with van der Waals surface area (Å²) in [6.45, 7) is 5.98. The van der Waals surface area contributed by atoms with Gasteiger partial charge in [0.15, 0.2) is 11.2 Å². The molecule has 9 heteroatoms. The number of piperidine rings is 1. The van der Waals surface area contributed by atoms with E-state index in [1.807, 2.05) is 32.2 Å². The number of likely N-dealkylation sites (tertiary alicyclic amines) is 1. The number of hydrogen-bond donors (Lipinski definition) is 1. The predicted octanol–water partition coefficient (Wildman–Crippen LogP) is 5.27. The maximum atomic E-state index is 15.0. The number of rotatable bonds is 5. The molecule has 0 spiro atoms. The fourth-order valence-corrected chi connectivity index (χ4v) is 4.75. The van der Waals surface area contributed by atoms with Crippen molar-refractivity contribution in [1.29, 1.82) is 0 Å². The maximum absolute atomic E-state index is 15.0. The number of fused-ring (bicyclic) bond motifs is 1. The Bertz CT molecular complexity index is 1460. The van der Waals surface area contributed by atoms with Crippen molar-refractivity contribution in [3.8, 4) is 11.3 Å². The largest absolute Gasteiger partial charge is 0.345 e. The number of anilines is 2. The first-order chi connectivity index (χ1) is 17.3. The predicted molar refractivity (Wildman–Crippen MR) is 137 cm³/mol. The lowest BCUT2D eigenvalue weighted by Crippen LogP contribution is -2.29. The van der Waals surface area contributed by atoms with Crippen LogP contribution in [-0.2, 0) is 0 Å². The zero-order valence-corrected chi connectivity index (χ0v) is 20.5. The van der Waals surface area contributed by atoms with Crippen molar-refractivity contribution in [2.24, 2.45) is 0 Å². The molecule has 0 unspecified atom stereocenters. The van der Waals surface area contributed by atoms with Crippen LogP contribution in [0.3, 0.4) is 0 Å². The van der Waals surface area contributed by atoms with Crippen LogP contribution < -0.4 is 10.7 Å². The molecule has 186 valence electrons. The number of hydrogen-bond acceptors (Lipinski definition) is 6. The Kier molecular flexibility index (Phi) is 6.49. The molecule has 1 aromatic carbocycles. The van der Waals surface area contributed by atoms with Crippen molar-refractivity contribution in [2.75, 3.05) is 25.5 Å². The van der Waals surface area contributed by atoms with Gasteiger partial charge in [0.2, 0.25) is 5.95 Å². The van der Waals surface area contributed by atoms with Gasteiger partial charge in [-0.2, -0.15) is 0 Å². The van der Waals surface area contributed by atoms with Crippen molar-refractivity contribution in [3.05, 3.63) is 76.3 Å². The topological polar surface area (TPSA) is 75.9 Å². The minimum atomic E-state index is -0.721. The van der Waals surface area contributed by atoms with E-state index in [1.54, 1.807) is 16.8 Å². The van der Waals surface area contributed by atoms with Crippen LogP contribution in [0.1, 0.15) is 44.2 Å². The summed E-state index contributed by atoms with van der Waals surface area (Å²) in [6, 6.07) is 7.93. The summed E-state index contributed by atoms with van der Waals surface area (Å²) in [5.74, 6) is -0.258. The van der Waals surface area contributed by atoms with Gasteiger partial charge in [0.05, 0.1) is 17.1 Å². The van der Waals surface area contributed by atoms with Crippen LogP contribution in [0.4, 0.5) is 20.5 Å². The van der Waals surface area contributed by atoms with Crippen LogP contribution in [0.25, 0.3) is 22.2 Å². The Balaban J connectivity index is 1.45. The summed E-state index contributed by atoms with van der Waals surface area (Å²) >= 11 is 0. The third kappa shape index (κ3) is 4.70. The van der Waals surface area contributed by atoms with Gasteiger partial charge in [0.1, 0.15) is 17.3 Å². The van der Waals surface area contributed by atoms with E-state index in [-0.39, 0.29) is 28.6 Å². The zero-order valence-electron chi connectivity index (χ0n) is 20.5. The fraction of sp³-hybridized carbons (Fsp3) is 0.333. The van der Waals surface area contributed by atoms with Crippen molar-refractivity contribution >= 4 is 22.7 Å². The third-order valence-electron chi connectivity index (χ3n) is 6.77. The fourth-order valence-electron chi connectivity index (χ4n) is 4.75. The van der Waals surface area contributed by atoms with Crippen LogP contribution >= 0.6 is 0 Å². The highest BCUT2D eigenvalue weighted by atomic mass is 19.1. The molecule has 0 radical (unpaired) electrons. The average molecular weight is 491 g/mol. The number of nitrogens with one attached hydrogen (secondary N) is 1. The van der Waals surface area contributed by atoms with Crippen molar-refractivity contribution < 1.29 is 8.78 Å². The van der Waals surface area contributed by atoms with E-state index in [2.05, 4.69) is 32.2 Å². The highest BCUT2D eigenvalue weighted by Gasteiger charge is 2.19. The minimum Gasteiger partial charge on any atom is -0.345 e. The van der Waals surface area contributed by atoms with E-state index in [0.717, 1.165) is 38.2 Å². The van der Waals surface area contributed by atoms with E-state index in [9.17, 15) is 9.18 Å². The van der Waals surface area contributed by atoms with E-state index in [0.29, 0.717) is 17.3 Å². The van der Waals surface area contributed by atoms with Gasteiger partial charge in [-0.05, 0) is 76.5 Å². The van der Waals surface area contributed by atoms with Gasteiger partial charge in [-0.25, -0.2) is 23.7 Å². The van der Waals surface area contributed by atoms with Gasteiger partial charge in [-0.3, -0.25) is 4.79 Å². The Morgan fingerprint density at radius 2 is 1.81 bits per heavy atom. The molecule has 1 saturated heterocycles. The molecule has 3 aromatic heterocycles. The lowest BCUT2D eigenvalue weighted by atomic mass is 9.91. The van der Waals surface area contributed by atoms with Crippen molar-refractivity contribution in [2.45, 2.75) is 38.6 Å². The van der Waals surface area contributed by atoms with Gasteiger partial charge in [-0.1, -0.05) is 6.07 Å². The second kappa shape index (κ2) is 9.73. The highest BCUT2D eigenvalue weighted by Crippen LogP contribution is 2.30. The Hall–Kier alpha value is -3.72. The number of halogens is 2. The first-order valence-corrected chi connectivity index (χ1v) is 12.1. The van der Waals surface area contributed by atoms with Gasteiger partial charge < -0.3 is 14.8 Å². The molecule has 36 heavy (non-hydrogen) atoms. The van der Waals surface area contributed by atoms with Crippen molar-refractivity contribution in [3.63, 3.8) is 0 Å². The Morgan fingerprint density at radius 1 is 1.03 bits per heavy atom. The second-order valence-electron chi connectivity index (χ2n) is 9.60. The molecule has 1 N–H and O–H groups in total. The molecule has 0 amide bonds. The number of nitrogens with zero attached hydrogens (tertiary/aromatic N) is 5. The van der Waals surface area contributed by atoms with Gasteiger partial charge in [0.25, 0.3) is 0 Å². The molecule has 1 aliphatic rings. The molecular formula is C27H28F2N6O. The molecule has 1 fully saturated rings. The summed E-state index contributed by atoms with van der Waals surface area (Å²) in [6.07, 6.45) is 6.71. The Labute approximate surface area is 207 Å². The first kappa shape index (κ1) is 24.0. The number of benzene rings is 1. The summed E-state index contributed by atoms with van der Waals surface area (Å²) < 4.78 is 31.6. The number of pyridine rings is 2. The van der Waals surface area contributed by atoms with Crippen LogP contribution in [0, 0.1) is 11.6 Å². The molecule has 0 bridgehead atoms. The van der Waals surface area contributed by atoms with Crippen molar-refractivity contribution in [1.82, 2.24) is 24.4 Å². The molecule has 4 heterocycles. The van der Waals surface area contributed by atoms with E-state index < -0.39 is 17.1 Å². The maximum Gasteiger partial charge on any atom is 0.229 e. The first-order valence-electron chi connectivity index (χ1n) is 12.1. The average Bonchev–Trinajstić information content (AvgIpc) is 2.86. The SMILES string of the molecule is CC(C)n1ccc(=O)c2c(F)cc(-c3nc(Nc4ccc(C5CCN(C)CC5)cn4)ncc3F)cc21. The Morgan fingerprint density at radius 3 is 2.50 bits per heavy atom. The molecule has 0 aliphatic carbocycles. The lowest BCUT2D eigenvalue weighted by Gasteiger charge is -2.29. The normalized spacial score (nSPS) is 15.1. The quantitative estimate of drug-likeness (QED) is 0.411. The summed E-state index contributed by atoms with van der Waals surface area (Å²) in [5, 5.41) is 2.98. The molecule has 5 rings (SSSR count). The van der Waals surface area contributed by atoms with E-state index in [1.165, 1.54) is 11.6 Å². The number of aromatic nitrogens is 4. The van der Waals surface area contributed by atoms with Gasteiger partial charge >= 0.3 is 0 Å². The van der Waals surface area contributed by atoms with Gasteiger partial charge in [0, 0.05) is 30.1 Å². The van der Waals surface area contributed by atoms with Gasteiger partial charge in [-0.15, -0.1) is 0 Å². The van der Waals surface area contributed by atoms with Crippen LogP contribution in [-0.4, -0.2) is 44.6 Å². The zero-order chi connectivity index (χ0) is 25.4. The molecule has 0 saturated carbocycles. The molecule has 0 atom stereocenters. The highest BCUT2D eigenvalue weighted by molar-refractivity contribution is 5.85. The minimum absolute atomic E-state index is 0.0289. The van der Waals surface area contributed by atoms with E-state index >= 15 is 4.39 Å². The smallest absolute Gasteiger partial charge is 0.229 e. The van der Waals surface area contributed by atoms with Crippen LogP contribution in [0.2, 0.25) is 0 Å². The summed E-state index contributed by atoms with van der Waals surface area (Å²) in [7, 11) is 2.13. The lowest BCUT2D eigenvalue weighted by molar-refractivity contribution is 0.255. The van der Waals surface area contributed by atoms with Crippen LogP contribution in [0.5, 0.6) is 0 Å². The summed E-state index contributed by atoms with van der Waals surface area (Å²) in [5.41, 5.74) is 1.30. The monoisotopic (exact) mass is 490 g/mol. The standard InChI is InChI=1S/C27H28F2N6O/c1-16(2)35-11-8-23(36)25-20(28)12-19(13-22(25)35)26-21(29)15-31-27(33-26)32-24-5-4-18(14-30-24)17-6-9-34(3)10-7-17/h4-5,8,11-17H,6-7,9-10H2,1-3H3,(H,30,31,32,33). The molecular weight excluding hydrogens is 462 g/mol. The molecule has 1 aliphatic heterocycles. The van der Waals surface area contributed by atoms with Crippen LogP contribution in [0.15, 0.2) is 53.7 Å². The molecule has 4 aromatic rings. The van der Waals surface area contributed by atoms with E-state index in [4.69, 9.17) is 0 Å². The molecule has 7 nitrogen and oxygen atoms in total. The third-order valence-corrected chi connectivity index (χ3v) is 6.77.